The first kappa shape index (κ1) is 20.2. The molecular formula is C26H22ClN3O2. The van der Waals surface area contributed by atoms with Gasteiger partial charge in [-0.3, -0.25) is 0 Å². The van der Waals surface area contributed by atoms with Crippen LogP contribution in [0.25, 0.3) is 5.69 Å². The highest BCUT2D eigenvalue weighted by Gasteiger charge is 2.34. The third-order valence-corrected chi connectivity index (χ3v) is 6.11. The number of fused-ring (bicyclic) bond motifs is 3. The van der Waals surface area contributed by atoms with Crippen LogP contribution < -0.4 is 10.1 Å². The molecule has 1 aromatic heterocycles. The maximum Gasteiger partial charge on any atom is 0.322 e. The summed E-state index contributed by atoms with van der Waals surface area (Å²) in [6, 6.07) is 26.6. The van der Waals surface area contributed by atoms with Crippen molar-refractivity contribution in [2.24, 2.45) is 0 Å². The van der Waals surface area contributed by atoms with Gasteiger partial charge in [0, 0.05) is 16.9 Å². The van der Waals surface area contributed by atoms with Gasteiger partial charge in [0.2, 0.25) is 0 Å². The number of rotatable bonds is 3. The highest BCUT2D eigenvalue weighted by Crippen LogP contribution is 2.39. The van der Waals surface area contributed by atoms with Crippen LogP contribution in [0.4, 0.5) is 10.5 Å². The van der Waals surface area contributed by atoms with E-state index in [2.05, 4.69) is 22.0 Å². The van der Waals surface area contributed by atoms with Gasteiger partial charge in [-0.25, -0.2) is 4.79 Å². The predicted octanol–water partition coefficient (Wildman–Crippen LogP) is 6.28. The molecule has 0 saturated heterocycles. The highest BCUT2D eigenvalue weighted by atomic mass is 35.5. The van der Waals surface area contributed by atoms with E-state index in [0.717, 1.165) is 28.3 Å². The molecule has 2 amide bonds. The van der Waals surface area contributed by atoms with Crippen LogP contribution in [0.1, 0.15) is 22.9 Å². The number of nitrogens with zero attached hydrogens (tertiary/aromatic N) is 2. The van der Waals surface area contributed by atoms with Gasteiger partial charge in [-0.1, -0.05) is 48.0 Å². The molecule has 2 heterocycles. The lowest BCUT2D eigenvalue weighted by atomic mass is 10.0. The van der Waals surface area contributed by atoms with E-state index < -0.39 is 0 Å². The normalized spacial score (nSPS) is 14.8. The number of hydrogen-bond donors (Lipinski definition) is 1. The zero-order valence-corrected chi connectivity index (χ0v) is 18.3. The number of benzene rings is 3. The second-order valence-electron chi connectivity index (χ2n) is 7.64. The molecule has 160 valence electrons. The molecule has 0 bridgehead atoms. The smallest absolute Gasteiger partial charge is 0.322 e. The van der Waals surface area contributed by atoms with E-state index in [-0.39, 0.29) is 12.1 Å². The SMILES string of the molecule is COc1ccc(NC(=O)N2Cc3ccccc3-n3cccc3C2c2ccccc2Cl)cc1. The van der Waals surface area contributed by atoms with Crippen LogP contribution in [0.2, 0.25) is 5.02 Å². The Morgan fingerprint density at radius 3 is 2.50 bits per heavy atom. The number of nitrogens with one attached hydrogen (secondary N) is 1. The van der Waals surface area contributed by atoms with Crippen molar-refractivity contribution in [3.8, 4) is 11.4 Å². The number of carbonyl (C=O) groups excluding carboxylic acids is 1. The minimum Gasteiger partial charge on any atom is -0.497 e. The summed E-state index contributed by atoms with van der Waals surface area (Å²) in [5.41, 5.74) is 4.68. The van der Waals surface area contributed by atoms with Crippen LogP contribution >= 0.6 is 11.6 Å². The zero-order chi connectivity index (χ0) is 22.1. The Morgan fingerprint density at radius 1 is 0.969 bits per heavy atom. The topological polar surface area (TPSA) is 46.5 Å². The van der Waals surface area contributed by atoms with Gasteiger partial charge in [-0.2, -0.15) is 0 Å². The molecule has 1 aliphatic heterocycles. The molecule has 1 unspecified atom stereocenters. The van der Waals surface area contributed by atoms with E-state index in [1.54, 1.807) is 7.11 Å². The highest BCUT2D eigenvalue weighted by molar-refractivity contribution is 6.31. The molecule has 0 fully saturated rings. The number of methoxy groups -OCH3 is 1. The van der Waals surface area contributed by atoms with E-state index in [0.29, 0.717) is 17.3 Å². The summed E-state index contributed by atoms with van der Waals surface area (Å²) < 4.78 is 7.37. The third kappa shape index (κ3) is 3.61. The molecule has 0 spiro atoms. The molecular weight excluding hydrogens is 422 g/mol. The van der Waals surface area contributed by atoms with Crippen molar-refractivity contribution < 1.29 is 9.53 Å². The zero-order valence-electron chi connectivity index (χ0n) is 17.5. The molecule has 4 aromatic rings. The molecule has 1 aliphatic rings. The first-order valence-corrected chi connectivity index (χ1v) is 10.7. The predicted molar refractivity (Wildman–Crippen MR) is 127 cm³/mol. The molecule has 5 nitrogen and oxygen atoms in total. The molecule has 1 N–H and O–H groups in total. The number of anilines is 1. The van der Waals surface area contributed by atoms with E-state index in [1.165, 1.54) is 0 Å². The van der Waals surface area contributed by atoms with Crippen LogP contribution in [0.3, 0.4) is 0 Å². The van der Waals surface area contributed by atoms with Crippen LogP contribution in [0.15, 0.2) is 91.1 Å². The molecule has 5 rings (SSSR count). The molecule has 1 atom stereocenters. The first-order chi connectivity index (χ1) is 15.7. The number of hydrogen-bond acceptors (Lipinski definition) is 2. The van der Waals surface area contributed by atoms with Gasteiger partial charge in [-0.15, -0.1) is 0 Å². The van der Waals surface area contributed by atoms with Crippen molar-refractivity contribution in [1.82, 2.24) is 9.47 Å². The number of carbonyl (C=O) groups is 1. The summed E-state index contributed by atoms with van der Waals surface area (Å²) in [4.78, 5) is 15.5. The number of amides is 2. The van der Waals surface area contributed by atoms with Crippen molar-refractivity contribution in [2.45, 2.75) is 12.6 Å². The van der Waals surface area contributed by atoms with Gasteiger partial charge in [0.15, 0.2) is 0 Å². The van der Waals surface area contributed by atoms with Gasteiger partial charge in [0.1, 0.15) is 11.8 Å². The van der Waals surface area contributed by atoms with Gasteiger partial charge in [0.05, 0.1) is 25.0 Å². The fraction of sp³-hybridized carbons (Fsp3) is 0.115. The van der Waals surface area contributed by atoms with Gasteiger partial charge in [0.25, 0.3) is 0 Å². The number of halogens is 1. The van der Waals surface area contributed by atoms with E-state index >= 15 is 0 Å². The summed E-state index contributed by atoms with van der Waals surface area (Å²) in [7, 11) is 1.62. The number of para-hydroxylation sites is 1. The van der Waals surface area contributed by atoms with Crippen molar-refractivity contribution in [3.63, 3.8) is 0 Å². The average Bonchev–Trinajstić information content (AvgIpc) is 3.25. The number of urea groups is 1. The Balaban J connectivity index is 1.61. The Hall–Kier alpha value is -3.70. The third-order valence-electron chi connectivity index (χ3n) is 5.77. The van der Waals surface area contributed by atoms with Crippen LogP contribution in [-0.2, 0) is 6.54 Å². The lowest BCUT2D eigenvalue weighted by Crippen LogP contribution is -2.38. The van der Waals surface area contributed by atoms with Gasteiger partial charge in [-0.05, 0) is 59.7 Å². The van der Waals surface area contributed by atoms with Crippen LogP contribution in [0, 0.1) is 0 Å². The fourth-order valence-corrected chi connectivity index (χ4v) is 4.47. The lowest BCUT2D eigenvalue weighted by molar-refractivity contribution is 0.194. The van der Waals surface area contributed by atoms with Crippen molar-refractivity contribution >= 4 is 23.3 Å². The quantitative estimate of drug-likeness (QED) is 0.405. The van der Waals surface area contributed by atoms with Gasteiger partial charge >= 0.3 is 6.03 Å². The summed E-state index contributed by atoms with van der Waals surface area (Å²) >= 11 is 6.64. The van der Waals surface area contributed by atoms with Crippen LogP contribution in [-0.4, -0.2) is 22.6 Å². The summed E-state index contributed by atoms with van der Waals surface area (Å²) in [6.45, 7) is 0.440. The minimum absolute atomic E-state index is 0.204. The van der Waals surface area contributed by atoms with Crippen molar-refractivity contribution in [2.75, 3.05) is 12.4 Å². The average molecular weight is 444 g/mol. The monoisotopic (exact) mass is 443 g/mol. The molecule has 32 heavy (non-hydrogen) atoms. The van der Waals surface area contributed by atoms with Crippen LogP contribution in [0.5, 0.6) is 5.75 Å². The molecule has 6 heteroatoms. The molecule has 0 saturated carbocycles. The first-order valence-electron chi connectivity index (χ1n) is 10.4. The summed E-state index contributed by atoms with van der Waals surface area (Å²) in [5, 5.41) is 3.67. The number of aromatic nitrogens is 1. The van der Waals surface area contributed by atoms with E-state index in [9.17, 15) is 4.79 Å². The minimum atomic E-state index is -0.357. The maximum atomic E-state index is 13.6. The molecule has 0 aliphatic carbocycles. The Morgan fingerprint density at radius 2 is 1.72 bits per heavy atom. The van der Waals surface area contributed by atoms with Crippen molar-refractivity contribution in [3.05, 3.63) is 113 Å². The Labute approximate surface area is 191 Å². The molecule has 3 aromatic carbocycles. The standard InChI is InChI=1S/C26H22ClN3O2/c1-32-20-14-12-19(13-15-20)28-26(31)30-17-18-7-2-5-10-23(18)29-16-6-11-24(29)25(30)21-8-3-4-9-22(21)27/h2-16,25H,17H2,1H3,(H,28,31). The molecule has 0 radical (unpaired) electrons. The second kappa shape index (κ2) is 8.44. The summed E-state index contributed by atoms with van der Waals surface area (Å²) in [6.07, 6.45) is 2.03. The second-order valence-corrected chi connectivity index (χ2v) is 8.05. The van der Waals surface area contributed by atoms with E-state index in [1.807, 2.05) is 83.9 Å². The van der Waals surface area contributed by atoms with Gasteiger partial charge < -0.3 is 19.5 Å². The Kier molecular flexibility index (Phi) is 5.33. The largest absolute Gasteiger partial charge is 0.497 e. The number of ether oxygens (including phenoxy) is 1. The Bertz CT molecular complexity index is 1270. The van der Waals surface area contributed by atoms with E-state index in [4.69, 9.17) is 16.3 Å². The maximum absolute atomic E-state index is 13.6. The van der Waals surface area contributed by atoms with Crippen molar-refractivity contribution in [1.29, 1.82) is 0 Å². The fourth-order valence-electron chi connectivity index (χ4n) is 4.23. The summed E-state index contributed by atoms with van der Waals surface area (Å²) in [5.74, 6) is 0.735. The lowest BCUT2D eigenvalue weighted by Gasteiger charge is -2.31.